The number of fused-ring (bicyclic) bond motifs is 2. The smallest absolute Gasteiger partial charge is 0.203 e. The number of para-hydroxylation sites is 2. The minimum atomic E-state index is 0.0120. The molecule has 5 nitrogen and oxygen atoms in total. The lowest BCUT2D eigenvalue weighted by molar-refractivity contribution is 0.272. The van der Waals surface area contributed by atoms with Crippen LogP contribution in [0.5, 0.6) is 5.75 Å². The van der Waals surface area contributed by atoms with E-state index in [-0.39, 0.29) is 6.61 Å². The molecule has 4 rings (SSSR count). The highest BCUT2D eigenvalue weighted by Gasteiger charge is 2.10. The van der Waals surface area contributed by atoms with Crippen molar-refractivity contribution >= 4 is 21.8 Å². The zero-order valence-corrected chi connectivity index (χ0v) is 14.4. The van der Waals surface area contributed by atoms with Gasteiger partial charge >= 0.3 is 0 Å². The van der Waals surface area contributed by atoms with E-state index in [4.69, 9.17) is 10.1 Å². The van der Waals surface area contributed by atoms with Gasteiger partial charge in [-0.3, -0.25) is 5.41 Å². The highest BCUT2D eigenvalue weighted by molar-refractivity contribution is 5.83. The van der Waals surface area contributed by atoms with E-state index in [0.29, 0.717) is 25.3 Å². The first-order chi connectivity index (χ1) is 12.8. The Hall–Kier alpha value is -3.05. The normalized spacial score (nSPS) is 11.3. The first-order valence-electron chi connectivity index (χ1n) is 8.73. The van der Waals surface area contributed by atoms with Crippen molar-refractivity contribution in [1.29, 1.82) is 5.41 Å². The van der Waals surface area contributed by atoms with Crippen LogP contribution in [0.25, 0.3) is 21.8 Å². The van der Waals surface area contributed by atoms with E-state index >= 15 is 0 Å². The molecule has 0 saturated heterocycles. The first kappa shape index (κ1) is 16.4. The molecule has 0 radical (unpaired) electrons. The molecule has 0 spiro atoms. The maximum absolute atomic E-state index is 9.29. The molecule has 0 bridgehead atoms. The van der Waals surface area contributed by atoms with E-state index in [0.717, 1.165) is 22.2 Å². The van der Waals surface area contributed by atoms with Gasteiger partial charge in [-0.15, -0.1) is 0 Å². The summed E-state index contributed by atoms with van der Waals surface area (Å²) in [6.45, 7) is 1.47. The number of nitrogens with zero attached hydrogens (tertiary/aromatic N) is 2. The van der Waals surface area contributed by atoms with E-state index in [1.807, 2.05) is 57.7 Å². The number of nitrogens with one attached hydrogen (secondary N) is 1. The summed E-state index contributed by atoms with van der Waals surface area (Å²) in [4.78, 5) is 0. The SMILES string of the molecule is N=c1n(CCO)c2ccccc2n1CCOc1ccc2ccccc2c1. The highest BCUT2D eigenvalue weighted by atomic mass is 16.5. The molecule has 0 saturated carbocycles. The Morgan fingerprint density at radius 3 is 2.19 bits per heavy atom. The number of hydrogen-bond acceptors (Lipinski definition) is 3. The Kier molecular flexibility index (Phi) is 4.46. The third kappa shape index (κ3) is 2.97. The van der Waals surface area contributed by atoms with Gasteiger partial charge in [0.2, 0.25) is 5.62 Å². The summed E-state index contributed by atoms with van der Waals surface area (Å²) in [6, 6.07) is 22.2. The van der Waals surface area contributed by atoms with Crippen LogP contribution in [0, 0.1) is 5.41 Å². The van der Waals surface area contributed by atoms with Gasteiger partial charge in [0.05, 0.1) is 24.2 Å². The van der Waals surface area contributed by atoms with Crippen molar-refractivity contribution < 1.29 is 9.84 Å². The summed E-state index contributed by atoms with van der Waals surface area (Å²) in [7, 11) is 0. The molecule has 0 aliphatic rings. The topological polar surface area (TPSA) is 63.2 Å². The van der Waals surface area contributed by atoms with Crippen LogP contribution in [-0.2, 0) is 13.1 Å². The van der Waals surface area contributed by atoms with Gasteiger partial charge in [-0.2, -0.15) is 0 Å². The molecule has 0 aliphatic heterocycles. The van der Waals surface area contributed by atoms with Crippen molar-refractivity contribution in [2.24, 2.45) is 0 Å². The maximum Gasteiger partial charge on any atom is 0.203 e. The Morgan fingerprint density at radius 1 is 0.808 bits per heavy atom. The Labute approximate surface area is 151 Å². The molecule has 5 heteroatoms. The van der Waals surface area contributed by atoms with Crippen molar-refractivity contribution in [3.05, 3.63) is 72.3 Å². The van der Waals surface area contributed by atoms with Gasteiger partial charge in [0.15, 0.2) is 0 Å². The van der Waals surface area contributed by atoms with E-state index < -0.39 is 0 Å². The van der Waals surface area contributed by atoms with Crippen molar-refractivity contribution in [1.82, 2.24) is 9.13 Å². The molecule has 0 fully saturated rings. The van der Waals surface area contributed by atoms with Crippen LogP contribution in [-0.4, -0.2) is 27.5 Å². The fraction of sp³-hybridized carbons (Fsp3) is 0.190. The van der Waals surface area contributed by atoms with Crippen molar-refractivity contribution in [3.8, 4) is 5.75 Å². The summed E-state index contributed by atoms with van der Waals surface area (Å²) in [5, 5.41) is 20.1. The van der Waals surface area contributed by atoms with Crippen molar-refractivity contribution in [2.75, 3.05) is 13.2 Å². The summed E-state index contributed by atoms with van der Waals surface area (Å²) in [6.07, 6.45) is 0. The first-order valence-corrected chi connectivity index (χ1v) is 8.73. The number of benzene rings is 3. The van der Waals surface area contributed by atoms with Gasteiger partial charge in [-0.25, -0.2) is 0 Å². The molecular formula is C21H21N3O2. The zero-order valence-electron chi connectivity index (χ0n) is 14.4. The quantitative estimate of drug-likeness (QED) is 0.563. The molecule has 3 aromatic carbocycles. The lowest BCUT2D eigenvalue weighted by Gasteiger charge is -2.09. The molecule has 132 valence electrons. The van der Waals surface area contributed by atoms with Gasteiger partial charge in [0, 0.05) is 6.54 Å². The molecule has 2 N–H and O–H groups in total. The number of aliphatic hydroxyl groups excluding tert-OH is 1. The number of rotatable bonds is 6. The lowest BCUT2D eigenvalue weighted by atomic mass is 10.1. The second kappa shape index (κ2) is 7.06. The Bertz CT molecular complexity index is 1110. The predicted octanol–water partition coefficient (Wildman–Crippen LogP) is 3.15. The second-order valence-electron chi connectivity index (χ2n) is 6.20. The van der Waals surface area contributed by atoms with Crippen LogP contribution in [0.3, 0.4) is 0 Å². The summed E-state index contributed by atoms with van der Waals surface area (Å²) < 4.78 is 9.68. The number of aliphatic hydroxyl groups is 1. The van der Waals surface area contributed by atoms with E-state index in [1.165, 1.54) is 5.39 Å². The van der Waals surface area contributed by atoms with Gasteiger partial charge < -0.3 is 19.0 Å². The monoisotopic (exact) mass is 347 g/mol. The van der Waals surface area contributed by atoms with Crippen LogP contribution in [0.2, 0.25) is 0 Å². The van der Waals surface area contributed by atoms with Gasteiger partial charge in [-0.05, 0) is 35.0 Å². The number of hydrogen-bond donors (Lipinski definition) is 2. The molecule has 0 amide bonds. The Balaban J connectivity index is 1.56. The molecule has 0 unspecified atom stereocenters. The van der Waals surface area contributed by atoms with E-state index in [9.17, 15) is 5.11 Å². The molecule has 0 atom stereocenters. The molecule has 0 aliphatic carbocycles. The number of imidazole rings is 1. The van der Waals surface area contributed by atoms with Crippen LogP contribution in [0.15, 0.2) is 66.7 Å². The molecule has 1 aromatic heterocycles. The van der Waals surface area contributed by atoms with Gasteiger partial charge in [0.25, 0.3) is 0 Å². The van der Waals surface area contributed by atoms with Crippen LogP contribution >= 0.6 is 0 Å². The summed E-state index contributed by atoms with van der Waals surface area (Å²) >= 11 is 0. The fourth-order valence-electron chi connectivity index (χ4n) is 3.36. The maximum atomic E-state index is 9.29. The molecule has 4 aromatic rings. The number of aromatic nitrogens is 2. The number of ether oxygens (including phenoxy) is 1. The summed E-state index contributed by atoms with van der Waals surface area (Å²) in [5.41, 5.74) is 2.31. The minimum Gasteiger partial charge on any atom is -0.492 e. The summed E-state index contributed by atoms with van der Waals surface area (Å²) in [5.74, 6) is 0.829. The van der Waals surface area contributed by atoms with Crippen LogP contribution in [0.1, 0.15) is 0 Å². The minimum absolute atomic E-state index is 0.0120. The molecular weight excluding hydrogens is 326 g/mol. The van der Waals surface area contributed by atoms with E-state index in [1.54, 1.807) is 0 Å². The van der Waals surface area contributed by atoms with Crippen molar-refractivity contribution in [2.45, 2.75) is 13.1 Å². The average molecular weight is 347 g/mol. The second-order valence-corrected chi connectivity index (χ2v) is 6.20. The van der Waals surface area contributed by atoms with Crippen molar-refractivity contribution in [3.63, 3.8) is 0 Å². The van der Waals surface area contributed by atoms with Gasteiger partial charge in [0.1, 0.15) is 12.4 Å². The average Bonchev–Trinajstić information content (AvgIpc) is 2.94. The molecule has 26 heavy (non-hydrogen) atoms. The van der Waals surface area contributed by atoms with E-state index in [2.05, 4.69) is 18.2 Å². The highest BCUT2D eigenvalue weighted by Crippen LogP contribution is 2.20. The largest absolute Gasteiger partial charge is 0.492 e. The van der Waals surface area contributed by atoms with Crippen LogP contribution in [0.4, 0.5) is 0 Å². The molecule has 1 heterocycles. The lowest BCUT2D eigenvalue weighted by Crippen LogP contribution is -2.27. The van der Waals surface area contributed by atoms with Gasteiger partial charge in [-0.1, -0.05) is 42.5 Å². The predicted molar refractivity (Wildman–Crippen MR) is 102 cm³/mol. The standard InChI is InChI=1S/C21H21N3O2/c22-21-23(11-13-25)19-7-3-4-8-20(19)24(21)12-14-26-18-10-9-16-5-1-2-6-17(16)15-18/h1-10,15,22,25H,11-14H2. The Morgan fingerprint density at radius 2 is 1.46 bits per heavy atom. The van der Waals surface area contributed by atoms with Crippen LogP contribution < -0.4 is 10.4 Å². The third-order valence-corrected chi connectivity index (χ3v) is 4.60. The zero-order chi connectivity index (χ0) is 17.9. The fourth-order valence-corrected chi connectivity index (χ4v) is 3.36. The third-order valence-electron chi connectivity index (χ3n) is 4.60.